The first-order chi connectivity index (χ1) is 8.94. The van der Waals surface area contributed by atoms with Gasteiger partial charge in [0.2, 0.25) is 0 Å². The van der Waals surface area contributed by atoms with Gasteiger partial charge in [-0.15, -0.1) is 0 Å². The molecule has 0 fully saturated rings. The van der Waals surface area contributed by atoms with Crippen LogP contribution in [0.15, 0.2) is 48.5 Å². The zero-order valence-corrected chi connectivity index (χ0v) is 11.9. The molecule has 0 unspecified atom stereocenters. The second kappa shape index (κ2) is 4.96. The Hall–Kier alpha value is -1.96. The van der Waals surface area contributed by atoms with Crippen molar-refractivity contribution in [3.05, 3.63) is 59.7 Å². The lowest BCUT2D eigenvalue weighted by Crippen LogP contribution is -2.30. The third kappa shape index (κ3) is 2.43. The van der Waals surface area contributed by atoms with Crippen LogP contribution in [0.1, 0.15) is 31.9 Å². The smallest absolute Gasteiger partial charge is 0.0314 e. The van der Waals surface area contributed by atoms with E-state index in [1.807, 2.05) is 24.3 Å². The average molecular weight is 254 g/mol. The molecule has 0 bridgehead atoms. The van der Waals surface area contributed by atoms with E-state index in [-0.39, 0.29) is 5.41 Å². The Morgan fingerprint density at radius 1 is 0.737 bits per heavy atom. The van der Waals surface area contributed by atoms with Crippen LogP contribution in [-0.2, 0) is 5.41 Å². The Labute approximate surface area is 115 Å². The first kappa shape index (κ1) is 13.5. The van der Waals surface area contributed by atoms with Gasteiger partial charge in [-0.2, -0.15) is 0 Å². The number of hydrogen-bond acceptors (Lipinski definition) is 2. The van der Waals surface area contributed by atoms with E-state index in [0.717, 1.165) is 11.4 Å². The summed E-state index contributed by atoms with van der Waals surface area (Å²) in [6.45, 7) is 6.76. The van der Waals surface area contributed by atoms with E-state index in [0.29, 0.717) is 5.92 Å². The van der Waals surface area contributed by atoms with Crippen LogP contribution in [0.5, 0.6) is 0 Å². The highest BCUT2D eigenvalue weighted by molar-refractivity contribution is 5.48. The molecule has 0 aliphatic rings. The van der Waals surface area contributed by atoms with Crippen molar-refractivity contribution in [3.8, 4) is 0 Å². The van der Waals surface area contributed by atoms with Crippen molar-refractivity contribution < 1.29 is 0 Å². The van der Waals surface area contributed by atoms with E-state index in [4.69, 9.17) is 11.5 Å². The summed E-state index contributed by atoms with van der Waals surface area (Å²) in [5.74, 6) is 0.472. The Kier molecular flexibility index (Phi) is 3.52. The zero-order valence-electron chi connectivity index (χ0n) is 11.9. The molecule has 2 heteroatoms. The topological polar surface area (TPSA) is 52.0 Å². The van der Waals surface area contributed by atoms with Crippen molar-refractivity contribution >= 4 is 11.4 Å². The highest BCUT2D eigenvalue weighted by Crippen LogP contribution is 2.39. The van der Waals surface area contributed by atoms with Crippen molar-refractivity contribution in [1.82, 2.24) is 0 Å². The summed E-state index contributed by atoms with van der Waals surface area (Å²) in [5, 5.41) is 0. The van der Waals surface area contributed by atoms with Gasteiger partial charge in [0.25, 0.3) is 0 Å². The second-order valence-electron chi connectivity index (χ2n) is 5.60. The molecule has 2 aromatic rings. The Bertz CT molecular complexity index is 493. The number of nitrogen functional groups attached to an aromatic ring is 2. The lowest BCUT2D eigenvalue weighted by molar-refractivity contribution is 0.405. The maximum absolute atomic E-state index is 5.79. The molecule has 0 heterocycles. The SMILES string of the molecule is CC(C)C(C)(c1ccc(N)cc1)c1ccc(N)cc1. The molecule has 0 spiro atoms. The second-order valence-corrected chi connectivity index (χ2v) is 5.60. The van der Waals surface area contributed by atoms with E-state index in [9.17, 15) is 0 Å². The van der Waals surface area contributed by atoms with Gasteiger partial charge >= 0.3 is 0 Å². The molecule has 0 saturated heterocycles. The molecule has 100 valence electrons. The number of benzene rings is 2. The van der Waals surface area contributed by atoms with Crippen LogP contribution in [-0.4, -0.2) is 0 Å². The van der Waals surface area contributed by atoms with Crippen LogP contribution in [0.3, 0.4) is 0 Å². The van der Waals surface area contributed by atoms with Gasteiger partial charge in [0.1, 0.15) is 0 Å². The van der Waals surface area contributed by atoms with Gasteiger partial charge in [-0.1, -0.05) is 45.0 Å². The van der Waals surface area contributed by atoms with E-state index in [1.54, 1.807) is 0 Å². The minimum atomic E-state index is -0.0403. The third-order valence-electron chi connectivity index (χ3n) is 4.18. The Balaban J connectivity index is 2.54. The largest absolute Gasteiger partial charge is 0.399 e. The summed E-state index contributed by atoms with van der Waals surface area (Å²) in [6.07, 6.45) is 0. The van der Waals surface area contributed by atoms with Gasteiger partial charge in [0.05, 0.1) is 0 Å². The lowest BCUT2D eigenvalue weighted by atomic mass is 9.68. The molecule has 2 rings (SSSR count). The molecule has 2 nitrogen and oxygen atoms in total. The third-order valence-corrected chi connectivity index (χ3v) is 4.18. The van der Waals surface area contributed by atoms with Gasteiger partial charge in [-0.25, -0.2) is 0 Å². The van der Waals surface area contributed by atoms with Crippen LogP contribution < -0.4 is 11.5 Å². The first-order valence-corrected chi connectivity index (χ1v) is 6.66. The zero-order chi connectivity index (χ0) is 14.0. The van der Waals surface area contributed by atoms with Crippen molar-refractivity contribution in [1.29, 1.82) is 0 Å². The molecule has 0 aliphatic heterocycles. The number of anilines is 2. The van der Waals surface area contributed by atoms with Crippen LogP contribution in [0, 0.1) is 5.92 Å². The quantitative estimate of drug-likeness (QED) is 0.818. The molecule has 19 heavy (non-hydrogen) atoms. The summed E-state index contributed by atoms with van der Waals surface area (Å²) >= 11 is 0. The molecule has 2 aromatic carbocycles. The molecule has 0 atom stereocenters. The predicted octanol–water partition coefficient (Wildman–Crippen LogP) is 3.81. The number of hydrogen-bond donors (Lipinski definition) is 2. The van der Waals surface area contributed by atoms with E-state index < -0.39 is 0 Å². The van der Waals surface area contributed by atoms with E-state index in [1.165, 1.54) is 11.1 Å². The van der Waals surface area contributed by atoms with Crippen LogP contribution in [0.25, 0.3) is 0 Å². The average Bonchev–Trinajstić information content (AvgIpc) is 2.39. The standard InChI is InChI=1S/C17H22N2/c1-12(2)17(3,13-4-8-15(18)9-5-13)14-6-10-16(19)11-7-14/h4-12H,18-19H2,1-3H3. The van der Waals surface area contributed by atoms with Crippen LogP contribution in [0.4, 0.5) is 11.4 Å². The van der Waals surface area contributed by atoms with Crippen molar-refractivity contribution in [2.45, 2.75) is 26.2 Å². The molecule has 0 radical (unpaired) electrons. The normalized spacial score (nSPS) is 11.8. The highest BCUT2D eigenvalue weighted by Gasteiger charge is 2.32. The minimum Gasteiger partial charge on any atom is -0.399 e. The van der Waals surface area contributed by atoms with Gasteiger partial charge in [0, 0.05) is 16.8 Å². The molecule has 0 aromatic heterocycles. The lowest BCUT2D eigenvalue weighted by Gasteiger charge is -2.35. The highest BCUT2D eigenvalue weighted by atomic mass is 14.5. The van der Waals surface area contributed by atoms with E-state index >= 15 is 0 Å². The fourth-order valence-corrected chi connectivity index (χ4v) is 2.49. The fourth-order valence-electron chi connectivity index (χ4n) is 2.49. The molecule has 0 amide bonds. The summed E-state index contributed by atoms with van der Waals surface area (Å²) in [4.78, 5) is 0. The molecule has 0 saturated carbocycles. The van der Waals surface area contributed by atoms with Crippen molar-refractivity contribution in [3.63, 3.8) is 0 Å². The Morgan fingerprint density at radius 3 is 1.32 bits per heavy atom. The number of rotatable bonds is 3. The molecular formula is C17H22N2. The molecular weight excluding hydrogens is 232 g/mol. The molecule has 4 N–H and O–H groups in total. The van der Waals surface area contributed by atoms with Gasteiger partial charge in [-0.3, -0.25) is 0 Å². The van der Waals surface area contributed by atoms with Gasteiger partial charge in [-0.05, 0) is 41.3 Å². The first-order valence-electron chi connectivity index (χ1n) is 6.66. The maximum Gasteiger partial charge on any atom is 0.0314 e. The maximum atomic E-state index is 5.79. The van der Waals surface area contributed by atoms with Gasteiger partial charge in [0.15, 0.2) is 0 Å². The van der Waals surface area contributed by atoms with Crippen molar-refractivity contribution in [2.24, 2.45) is 5.92 Å². The summed E-state index contributed by atoms with van der Waals surface area (Å²) < 4.78 is 0. The Morgan fingerprint density at radius 2 is 1.05 bits per heavy atom. The van der Waals surface area contributed by atoms with Crippen LogP contribution >= 0.6 is 0 Å². The number of nitrogens with two attached hydrogens (primary N) is 2. The fraction of sp³-hybridized carbons (Fsp3) is 0.294. The monoisotopic (exact) mass is 254 g/mol. The summed E-state index contributed by atoms with van der Waals surface area (Å²) in [5.41, 5.74) is 15.7. The predicted molar refractivity (Wildman–Crippen MR) is 83.0 cm³/mol. The van der Waals surface area contributed by atoms with Crippen molar-refractivity contribution in [2.75, 3.05) is 11.5 Å². The van der Waals surface area contributed by atoms with Gasteiger partial charge < -0.3 is 11.5 Å². The summed E-state index contributed by atoms with van der Waals surface area (Å²) in [6, 6.07) is 16.3. The van der Waals surface area contributed by atoms with Crippen LogP contribution in [0.2, 0.25) is 0 Å². The van der Waals surface area contributed by atoms with E-state index in [2.05, 4.69) is 45.0 Å². The summed E-state index contributed by atoms with van der Waals surface area (Å²) in [7, 11) is 0. The molecule has 0 aliphatic carbocycles. The minimum absolute atomic E-state index is 0.0403.